The van der Waals surface area contributed by atoms with E-state index in [9.17, 15) is 14.7 Å². The number of carbonyl (C=O) groups excluding carboxylic acids is 1. The topological polar surface area (TPSA) is 104 Å². The number of aromatic carboxylic acids is 1. The van der Waals surface area contributed by atoms with Crippen LogP contribution in [0.25, 0.3) is 10.2 Å². The lowest BCUT2D eigenvalue weighted by Gasteiger charge is -2.37. The van der Waals surface area contributed by atoms with Crippen molar-refractivity contribution in [3.63, 3.8) is 0 Å². The molecule has 1 fully saturated rings. The summed E-state index contributed by atoms with van der Waals surface area (Å²) in [5.74, 6) is -1.09. The molecule has 2 atom stereocenters. The van der Waals surface area contributed by atoms with Gasteiger partial charge in [0.25, 0.3) is 5.91 Å². The number of amides is 1. The first-order valence-electron chi connectivity index (χ1n) is 9.96. The van der Waals surface area contributed by atoms with Crippen molar-refractivity contribution >= 4 is 44.3 Å². The minimum absolute atomic E-state index is 0.115. The van der Waals surface area contributed by atoms with Gasteiger partial charge in [-0.05, 0) is 30.5 Å². The number of thiazole rings is 1. The molecular weight excluding hydrogens is 404 g/mol. The van der Waals surface area contributed by atoms with Crippen molar-refractivity contribution in [2.75, 3.05) is 25.1 Å². The largest absolute Gasteiger partial charge is 0.478 e. The molecule has 0 aliphatic carbocycles. The van der Waals surface area contributed by atoms with Crippen LogP contribution in [-0.2, 0) is 9.53 Å². The first-order chi connectivity index (χ1) is 14.5. The van der Waals surface area contributed by atoms with Crippen LogP contribution in [0.4, 0.5) is 5.13 Å². The molecule has 2 aliphatic heterocycles. The van der Waals surface area contributed by atoms with Gasteiger partial charge in [0.15, 0.2) is 5.13 Å². The highest BCUT2D eigenvalue weighted by atomic mass is 32.1. The molecule has 1 saturated heterocycles. The van der Waals surface area contributed by atoms with Gasteiger partial charge in [0, 0.05) is 32.8 Å². The third-order valence-corrected chi connectivity index (χ3v) is 6.76. The number of carboxylic acids is 1. The van der Waals surface area contributed by atoms with Crippen LogP contribution >= 0.6 is 11.3 Å². The maximum atomic E-state index is 12.6. The Morgan fingerprint density at radius 1 is 1.40 bits per heavy atom. The summed E-state index contributed by atoms with van der Waals surface area (Å²) >= 11 is 1.37. The second-order valence-corrected chi connectivity index (χ2v) is 8.42. The Bertz CT molecular complexity index is 1040. The van der Waals surface area contributed by atoms with E-state index in [1.807, 2.05) is 6.07 Å². The number of hydrogen-bond acceptors (Lipinski definition) is 7. The normalized spacial score (nSPS) is 21.5. The highest BCUT2D eigenvalue weighted by Gasteiger charge is 2.33. The number of methoxy groups -OCH3 is 1. The van der Waals surface area contributed by atoms with E-state index >= 15 is 0 Å². The van der Waals surface area contributed by atoms with Crippen LogP contribution in [0, 0.1) is 0 Å². The maximum Gasteiger partial charge on any atom is 0.337 e. The van der Waals surface area contributed by atoms with Crippen LogP contribution < -0.4 is 10.2 Å². The second kappa shape index (κ2) is 8.53. The Labute approximate surface area is 178 Å². The van der Waals surface area contributed by atoms with Gasteiger partial charge < -0.3 is 20.1 Å². The molecule has 0 radical (unpaired) electrons. The predicted octanol–water partition coefficient (Wildman–Crippen LogP) is 2.84. The number of rotatable bonds is 6. The highest BCUT2D eigenvalue weighted by Crippen LogP contribution is 2.33. The monoisotopic (exact) mass is 428 g/mol. The quantitative estimate of drug-likeness (QED) is 0.733. The van der Waals surface area contributed by atoms with Crippen molar-refractivity contribution in [3.05, 3.63) is 35.5 Å². The number of allylic oxidation sites excluding steroid dienone is 1. The Hall–Kier alpha value is -2.78. The molecule has 8 nitrogen and oxygen atoms in total. The average molecular weight is 429 g/mol. The van der Waals surface area contributed by atoms with Gasteiger partial charge >= 0.3 is 5.97 Å². The smallest absolute Gasteiger partial charge is 0.337 e. The Morgan fingerprint density at radius 2 is 2.23 bits per heavy atom. The zero-order chi connectivity index (χ0) is 21.3. The van der Waals surface area contributed by atoms with Crippen molar-refractivity contribution < 1.29 is 19.4 Å². The number of hydrogen-bond donors (Lipinski definition) is 2. The van der Waals surface area contributed by atoms with Crippen molar-refractivity contribution in [2.45, 2.75) is 38.3 Å². The standard InChI is InChI=1S/C21H24N4O4S/c1-3-12-9-16(22-10-12)19(26)23-14-7-8-25(11-17(14)29-2)21-24-15-6-4-5-13(20(27)28)18(15)30-21/h4-6,10,14,17H,3,7-9,11H2,1-2H3,(H,23,26)(H,27,28)/t14-,17+/m1/s1. The molecule has 2 aliphatic rings. The lowest BCUT2D eigenvalue weighted by Crippen LogP contribution is -2.55. The Morgan fingerprint density at radius 3 is 2.93 bits per heavy atom. The number of nitrogens with zero attached hydrogens (tertiary/aromatic N) is 3. The predicted molar refractivity (Wildman–Crippen MR) is 117 cm³/mol. The number of aliphatic imine (C=N–C) groups is 1. The summed E-state index contributed by atoms with van der Waals surface area (Å²) < 4.78 is 6.34. The molecule has 3 heterocycles. The third kappa shape index (κ3) is 3.95. The van der Waals surface area contributed by atoms with E-state index in [-0.39, 0.29) is 23.6 Å². The SMILES string of the molecule is CCC1=CN=C(C(=O)N[C@@H]2CCN(c3nc4cccc(C(=O)O)c4s3)C[C@@H]2OC)C1. The van der Waals surface area contributed by atoms with Crippen molar-refractivity contribution in [1.82, 2.24) is 10.3 Å². The lowest BCUT2D eigenvalue weighted by atomic mass is 10.0. The van der Waals surface area contributed by atoms with E-state index in [0.717, 1.165) is 17.1 Å². The van der Waals surface area contributed by atoms with Crippen molar-refractivity contribution in [1.29, 1.82) is 0 Å². The van der Waals surface area contributed by atoms with Crippen LogP contribution in [0.2, 0.25) is 0 Å². The summed E-state index contributed by atoms with van der Waals surface area (Å²) in [7, 11) is 1.64. The fourth-order valence-corrected chi connectivity index (χ4v) is 4.92. The van der Waals surface area contributed by atoms with Crippen LogP contribution in [-0.4, -0.2) is 60.0 Å². The van der Waals surface area contributed by atoms with Crippen LogP contribution in [0.1, 0.15) is 36.5 Å². The van der Waals surface area contributed by atoms with Gasteiger partial charge in [-0.1, -0.05) is 24.3 Å². The number of fused-ring (bicyclic) bond motifs is 1. The lowest BCUT2D eigenvalue weighted by molar-refractivity contribution is -0.116. The molecule has 158 valence electrons. The molecule has 9 heteroatoms. The molecule has 2 aromatic rings. The van der Waals surface area contributed by atoms with Crippen LogP contribution in [0.5, 0.6) is 0 Å². The number of aromatic nitrogens is 1. The molecule has 1 aromatic carbocycles. The summed E-state index contributed by atoms with van der Waals surface area (Å²) in [5, 5.41) is 13.3. The van der Waals surface area contributed by atoms with Gasteiger partial charge in [-0.3, -0.25) is 9.79 Å². The molecule has 0 spiro atoms. The van der Waals surface area contributed by atoms with Crippen molar-refractivity contribution in [3.8, 4) is 0 Å². The van der Waals surface area contributed by atoms with Gasteiger partial charge in [0.1, 0.15) is 5.71 Å². The van der Waals surface area contributed by atoms with E-state index in [0.29, 0.717) is 41.9 Å². The molecule has 1 aromatic heterocycles. The molecule has 0 unspecified atom stereocenters. The fourth-order valence-electron chi connectivity index (χ4n) is 3.82. The van der Waals surface area contributed by atoms with E-state index in [4.69, 9.17) is 4.74 Å². The fraction of sp³-hybridized carbons (Fsp3) is 0.429. The van der Waals surface area contributed by atoms with Crippen LogP contribution in [0.15, 0.2) is 35.0 Å². The van der Waals surface area contributed by atoms with Gasteiger partial charge in [-0.15, -0.1) is 0 Å². The number of anilines is 1. The molecule has 4 rings (SSSR count). The molecule has 0 bridgehead atoms. The van der Waals surface area contributed by atoms with Crippen molar-refractivity contribution in [2.24, 2.45) is 4.99 Å². The summed E-state index contributed by atoms with van der Waals surface area (Å²) in [4.78, 5) is 35.1. The van der Waals surface area contributed by atoms with Gasteiger partial charge in [0.2, 0.25) is 0 Å². The average Bonchev–Trinajstić information content (AvgIpc) is 3.40. The number of benzene rings is 1. The zero-order valence-corrected chi connectivity index (χ0v) is 17.7. The minimum atomic E-state index is -0.956. The molecular formula is C21H24N4O4S. The second-order valence-electron chi connectivity index (χ2n) is 7.44. The first-order valence-corrected chi connectivity index (χ1v) is 10.8. The Kier molecular flexibility index (Phi) is 5.83. The third-order valence-electron chi connectivity index (χ3n) is 5.60. The van der Waals surface area contributed by atoms with Gasteiger partial charge in [0.05, 0.1) is 27.9 Å². The summed E-state index contributed by atoms with van der Waals surface area (Å²) in [6, 6.07) is 5.01. The van der Waals surface area contributed by atoms with Gasteiger partial charge in [-0.2, -0.15) is 0 Å². The number of ether oxygens (including phenoxy) is 1. The number of nitrogens with one attached hydrogen (secondary N) is 1. The highest BCUT2D eigenvalue weighted by molar-refractivity contribution is 7.22. The van der Waals surface area contributed by atoms with E-state index in [1.54, 1.807) is 25.4 Å². The number of carbonyl (C=O) groups is 2. The van der Waals surface area contributed by atoms with Gasteiger partial charge in [-0.25, -0.2) is 9.78 Å². The molecule has 2 N–H and O–H groups in total. The zero-order valence-electron chi connectivity index (χ0n) is 16.9. The van der Waals surface area contributed by atoms with E-state index in [2.05, 4.69) is 27.1 Å². The van der Waals surface area contributed by atoms with E-state index < -0.39 is 5.97 Å². The first kappa shape index (κ1) is 20.5. The summed E-state index contributed by atoms with van der Waals surface area (Å²) in [6.07, 6.45) is 3.79. The number of carboxylic acid groups (broad SMARTS) is 1. The summed E-state index contributed by atoms with van der Waals surface area (Å²) in [6.45, 7) is 3.31. The molecule has 30 heavy (non-hydrogen) atoms. The number of piperidine rings is 1. The maximum absolute atomic E-state index is 12.6. The minimum Gasteiger partial charge on any atom is -0.478 e. The summed E-state index contributed by atoms with van der Waals surface area (Å²) in [5.41, 5.74) is 2.66. The molecule has 1 amide bonds. The van der Waals surface area contributed by atoms with Crippen LogP contribution in [0.3, 0.4) is 0 Å². The van der Waals surface area contributed by atoms with E-state index in [1.165, 1.54) is 11.3 Å². The molecule has 0 saturated carbocycles. The Balaban J connectivity index is 1.45.